The second-order valence-corrected chi connectivity index (χ2v) is 5.84. The van der Waals surface area contributed by atoms with Gasteiger partial charge in [0.2, 0.25) is 0 Å². The maximum atomic E-state index is 12.4. The van der Waals surface area contributed by atoms with Crippen LogP contribution in [0.4, 0.5) is 0 Å². The van der Waals surface area contributed by atoms with Gasteiger partial charge in [0.25, 0.3) is 0 Å². The predicted molar refractivity (Wildman–Crippen MR) is 92.9 cm³/mol. The number of phenols is 3. The fourth-order valence-electron chi connectivity index (χ4n) is 2.66. The number of benzene rings is 2. The summed E-state index contributed by atoms with van der Waals surface area (Å²) in [4.78, 5) is 35.5. The Labute approximate surface area is 146 Å². The molecule has 3 N–H and O–H groups in total. The second kappa shape index (κ2) is 6.03. The van der Waals surface area contributed by atoms with E-state index >= 15 is 0 Å². The van der Waals surface area contributed by atoms with Gasteiger partial charge in [-0.25, -0.2) is 0 Å². The molecule has 0 aliphatic heterocycles. The van der Waals surface area contributed by atoms with Crippen molar-refractivity contribution in [1.82, 2.24) is 0 Å². The first-order valence-electron chi connectivity index (χ1n) is 7.58. The molecule has 0 atom stereocenters. The number of hydrogen-bond donors (Lipinski definition) is 3. The van der Waals surface area contributed by atoms with Crippen LogP contribution in [0.3, 0.4) is 0 Å². The van der Waals surface area contributed by atoms with Crippen LogP contribution in [0.5, 0.6) is 17.2 Å². The number of fused-ring (bicyclic) bond motifs is 1. The molecule has 0 fully saturated rings. The van der Waals surface area contributed by atoms with Crippen molar-refractivity contribution in [3.8, 4) is 28.6 Å². The Balaban J connectivity index is 2.30. The third-order valence-corrected chi connectivity index (χ3v) is 3.98. The average Bonchev–Trinajstić information content (AvgIpc) is 2.53. The Morgan fingerprint density at radius 1 is 0.808 bits per heavy atom. The quantitative estimate of drug-likeness (QED) is 0.617. The summed E-state index contributed by atoms with van der Waals surface area (Å²) in [6, 6.07) is 5.66. The molecule has 3 rings (SSSR count). The minimum atomic E-state index is -0.499. The second-order valence-electron chi connectivity index (χ2n) is 5.84. The van der Waals surface area contributed by atoms with E-state index in [0.29, 0.717) is 0 Å². The number of hydrogen-bond acceptors (Lipinski definition) is 7. The molecular weight excluding hydrogens is 340 g/mol. The van der Waals surface area contributed by atoms with Crippen LogP contribution in [0.15, 0.2) is 39.5 Å². The van der Waals surface area contributed by atoms with Crippen molar-refractivity contribution in [2.45, 2.75) is 13.8 Å². The third kappa shape index (κ3) is 2.79. The highest BCUT2D eigenvalue weighted by Gasteiger charge is 2.18. The van der Waals surface area contributed by atoms with Gasteiger partial charge in [-0.15, -0.1) is 0 Å². The van der Waals surface area contributed by atoms with Crippen molar-refractivity contribution in [3.63, 3.8) is 0 Å². The van der Waals surface area contributed by atoms with E-state index in [-0.39, 0.29) is 44.9 Å². The van der Waals surface area contributed by atoms with Gasteiger partial charge in [-0.3, -0.25) is 14.4 Å². The van der Waals surface area contributed by atoms with Crippen LogP contribution in [-0.2, 0) is 0 Å². The summed E-state index contributed by atoms with van der Waals surface area (Å²) in [5, 5.41) is 29.8. The summed E-state index contributed by atoms with van der Waals surface area (Å²) in [7, 11) is 0. The van der Waals surface area contributed by atoms with Crippen molar-refractivity contribution < 1.29 is 29.3 Å². The maximum Gasteiger partial charge on any atom is 0.193 e. The normalized spacial score (nSPS) is 10.8. The first kappa shape index (κ1) is 17.2. The van der Waals surface area contributed by atoms with E-state index in [0.717, 1.165) is 18.2 Å². The molecule has 0 amide bonds. The molecule has 7 nitrogen and oxygen atoms in total. The molecule has 1 heterocycles. The monoisotopic (exact) mass is 354 g/mol. The Morgan fingerprint density at radius 2 is 1.38 bits per heavy atom. The van der Waals surface area contributed by atoms with Gasteiger partial charge in [0.1, 0.15) is 28.6 Å². The summed E-state index contributed by atoms with van der Waals surface area (Å²) in [6.07, 6.45) is 0. The van der Waals surface area contributed by atoms with Crippen LogP contribution in [-0.4, -0.2) is 26.9 Å². The zero-order chi connectivity index (χ0) is 19.2. The number of carbonyl (C=O) groups is 2. The van der Waals surface area contributed by atoms with Crippen molar-refractivity contribution in [3.05, 3.63) is 51.7 Å². The fraction of sp³-hybridized carbons (Fsp3) is 0.105. The standard InChI is InChI=1S/C19H14O7/c1-8(20)10-3-12(15(23)5-14(10)22)19-7-17(25)13-4-11(9(2)21)16(24)6-18(13)26-19/h3-7,22-24H,1-2H3. The summed E-state index contributed by atoms with van der Waals surface area (Å²) in [5.41, 5.74) is -0.520. The van der Waals surface area contributed by atoms with Crippen molar-refractivity contribution in [2.75, 3.05) is 0 Å². The molecule has 0 unspecified atom stereocenters. The smallest absolute Gasteiger partial charge is 0.193 e. The molecule has 26 heavy (non-hydrogen) atoms. The molecule has 0 spiro atoms. The summed E-state index contributed by atoms with van der Waals surface area (Å²) >= 11 is 0. The van der Waals surface area contributed by atoms with E-state index in [1.165, 1.54) is 26.0 Å². The van der Waals surface area contributed by atoms with Gasteiger partial charge in [-0.1, -0.05) is 0 Å². The van der Waals surface area contributed by atoms with E-state index in [9.17, 15) is 29.7 Å². The number of phenolic OH excluding ortho intramolecular Hbond substituents is 3. The molecule has 0 radical (unpaired) electrons. The van der Waals surface area contributed by atoms with Gasteiger partial charge >= 0.3 is 0 Å². The molecule has 0 saturated heterocycles. The number of rotatable bonds is 3. The first-order chi connectivity index (χ1) is 12.2. The van der Waals surface area contributed by atoms with Crippen LogP contribution in [0.2, 0.25) is 0 Å². The van der Waals surface area contributed by atoms with Gasteiger partial charge < -0.3 is 19.7 Å². The van der Waals surface area contributed by atoms with E-state index in [2.05, 4.69) is 0 Å². The van der Waals surface area contributed by atoms with Gasteiger partial charge in [0.05, 0.1) is 22.1 Å². The molecule has 132 valence electrons. The lowest BCUT2D eigenvalue weighted by molar-refractivity contribution is 0.100. The summed E-state index contributed by atoms with van der Waals surface area (Å²) < 4.78 is 5.58. The molecule has 7 heteroatoms. The lowest BCUT2D eigenvalue weighted by Crippen LogP contribution is -2.03. The lowest BCUT2D eigenvalue weighted by atomic mass is 10.0. The molecule has 0 saturated carbocycles. The molecule has 3 aromatic rings. The zero-order valence-corrected chi connectivity index (χ0v) is 13.9. The number of Topliss-reactive ketones (excluding diaryl/α,β-unsaturated/α-hetero) is 2. The minimum absolute atomic E-state index is 0.00634. The van der Waals surface area contributed by atoms with Crippen LogP contribution in [0.1, 0.15) is 34.6 Å². The van der Waals surface area contributed by atoms with Crippen molar-refractivity contribution >= 4 is 22.5 Å². The van der Waals surface area contributed by atoms with E-state index in [1.54, 1.807) is 0 Å². The summed E-state index contributed by atoms with van der Waals surface area (Å²) in [6.45, 7) is 2.50. The van der Waals surface area contributed by atoms with Crippen LogP contribution in [0, 0.1) is 0 Å². The largest absolute Gasteiger partial charge is 0.507 e. The zero-order valence-electron chi connectivity index (χ0n) is 13.9. The lowest BCUT2D eigenvalue weighted by Gasteiger charge is -2.09. The SMILES string of the molecule is CC(=O)c1cc(-c2cc(=O)c3cc(C(C)=O)c(O)cc3o2)c(O)cc1O. The fourth-order valence-corrected chi connectivity index (χ4v) is 2.66. The number of aromatic hydroxyl groups is 3. The number of ketones is 2. The highest BCUT2D eigenvalue weighted by molar-refractivity contribution is 6.01. The topological polar surface area (TPSA) is 125 Å². The van der Waals surface area contributed by atoms with Gasteiger partial charge in [0, 0.05) is 18.2 Å². The maximum absolute atomic E-state index is 12.4. The van der Waals surface area contributed by atoms with E-state index in [1.807, 2.05) is 0 Å². The van der Waals surface area contributed by atoms with Gasteiger partial charge in [0.15, 0.2) is 17.0 Å². The molecule has 1 aromatic heterocycles. The van der Waals surface area contributed by atoms with E-state index in [4.69, 9.17) is 4.42 Å². The highest BCUT2D eigenvalue weighted by Crippen LogP contribution is 2.36. The van der Waals surface area contributed by atoms with Crippen LogP contribution < -0.4 is 5.43 Å². The molecular formula is C19H14O7. The van der Waals surface area contributed by atoms with Crippen LogP contribution >= 0.6 is 0 Å². The Hall–Kier alpha value is -3.61. The van der Waals surface area contributed by atoms with E-state index < -0.39 is 22.7 Å². The van der Waals surface area contributed by atoms with Gasteiger partial charge in [-0.05, 0) is 26.0 Å². The average molecular weight is 354 g/mol. The molecule has 2 aromatic carbocycles. The number of carbonyl (C=O) groups excluding carboxylic acids is 2. The Bertz CT molecular complexity index is 1140. The molecule has 0 bridgehead atoms. The van der Waals surface area contributed by atoms with Crippen LogP contribution in [0.25, 0.3) is 22.3 Å². The minimum Gasteiger partial charge on any atom is -0.507 e. The van der Waals surface area contributed by atoms with Crippen molar-refractivity contribution in [1.29, 1.82) is 0 Å². The van der Waals surface area contributed by atoms with Gasteiger partial charge in [-0.2, -0.15) is 0 Å². The highest BCUT2D eigenvalue weighted by atomic mass is 16.3. The Morgan fingerprint density at radius 3 is 2.00 bits per heavy atom. The molecule has 0 aliphatic carbocycles. The van der Waals surface area contributed by atoms with Crippen molar-refractivity contribution in [2.24, 2.45) is 0 Å². The first-order valence-corrected chi connectivity index (χ1v) is 7.58. The third-order valence-electron chi connectivity index (χ3n) is 3.98. The predicted octanol–water partition coefficient (Wildman–Crippen LogP) is 2.98. The Kier molecular flexibility index (Phi) is 4.00. The summed E-state index contributed by atoms with van der Waals surface area (Å²) in [5.74, 6) is -2.03. The molecule has 0 aliphatic rings.